The molecule has 3 heteroatoms. The van der Waals surface area contributed by atoms with Crippen molar-refractivity contribution in [3.05, 3.63) is 0 Å². The third kappa shape index (κ3) is 2.08. The van der Waals surface area contributed by atoms with Gasteiger partial charge >= 0.3 is 0 Å². The van der Waals surface area contributed by atoms with Crippen molar-refractivity contribution in [3.8, 4) is 0 Å². The standard InChI is InChI=1S/C11H19NOS/c1-8-6-12(7-9(2)14-8)11(13)10-4-3-5-10/h8-10H,3-7H2,1-2H3. The van der Waals surface area contributed by atoms with Crippen LogP contribution in [0.4, 0.5) is 0 Å². The van der Waals surface area contributed by atoms with E-state index in [1.807, 2.05) is 11.8 Å². The van der Waals surface area contributed by atoms with Gasteiger partial charge in [-0.25, -0.2) is 0 Å². The second kappa shape index (κ2) is 4.13. The molecule has 1 amide bonds. The third-order valence-corrected chi connectivity index (χ3v) is 4.41. The van der Waals surface area contributed by atoms with Crippen molar-refractivity contribution in [3.63, 3.8) is 0 Å². The van der Waals surface area contributed by atoms with Crippen molar-refractivity contribution in [2.45, 2.75) is 43.6 Å². The Labute approximate surface area is 90.4 Å². The second-order valence-corrected chi connectivity index (χ2v) is 6.51. The average molecular weight is 213 g/mol. The van der Waals surface area contributed by atoms with Crippen LogP contribution < -0.4 is 0 Å². The topological polar surface area (TPSA) is 20.3 Å². The molecule has 80 valence electrons. The first-order valence-corrected chi connectivity index (χ1v) is 6.55. The summed E-state index contributed by atoms with van der Waals surface area (Å²) in [4.78, 5) is 14.1. The predicted molar refractivity (Wildman–Crippen MR) is 60.4 cm³/mol. The maximum absolute atomic E-state index is 12.0. The molecular weight excluding hydrogens is 194 g/mol. The van der Waals surface area contributed by atoms with Crippen LogP contribution in [0.2, 0.25) is 0 Å². The molecule has 14 heavy (non-hydrogen) atoms. The van der Waals surface area contributed by atoms with E-state index >= 15 is 0 Å². The number of hydrogen-bond acceptors (Lipinski definition) is 2. The zero-order valence-corrected chi connectivity index (χ0v) is 9.85. The highest BCUT2D eigenvalue weighted by Gasteiger charge is 2.33. The van der Waals surface area contributed by atoms with Gasteiger partial charge in [0, 0.05) is 29.5 Å². The molecule has 1 heterocycles. The normalized spacial score (nSPS) is 34.0. The van der Waals surface area contributed by atoms with E-state index in [1.165, 1.54) is 6.42 Å². The molecule has 1 aliphatic heterocycles. The fourth-order valence-electron chi connectivity index (χ4n) is 2.27. The molecule has 0 radical (unpaired) electrons. The van der Waals surface area contributed by atoms with Crippen LogP contribution in [0.1, 0.15) is 33.1 Å². The summed E-state index contributed by atoms with van der Waals surface area (Å²) in [5.74, 6) is 0.799. The lowest BCUT2D eigenvalue weighted by Crippen LogP contribution is -2.47. The number of nitrogens with zero attached hydrogens (tertiary/aromatic N) is 1. The summed E-state index contributed by atoms with van der Waals surface area (Å²) >= 11 is 2.01. The Kier molecular flexibility index (Phi) is 3.05. The third-order valence-electron chi connectivity index (χ3n) is 3.19. The molecule has 0 spiro atoms. The molecule has 2 fully saturated rings. The van der Waals surface area contributed by atoms with Crippen LogP contribution >= 0.6 is 11.8 Å². The van der Waals surface area contributed by atoms with E-state index in [2.05, 4.69) is 18.7 Å². The summed E-state index contributed by atoms with van der Waals surface area (Å²) in [5, 5.41) is 1.23. The van der Waals surface area contributed by atoms with E-state index in [0.29, 0.717) is 22.3 Å². The first-order valence-electron chi connectivity index (χ1n) is 5.61. The van der Waals surface area contributed by atoms with Crippen molar-refractivity contribution < 1.29 is 4.79 Å². The zero-order valence-electron chi connectivity index (χ0n) is 9.03. The van der Waals surface area contributed by atoms with Crippen LogP contribution in [0.15, 0.2) is 0 Å². The summed E-state index contributed by atoms with van der Waals surface area (Å²) in [5.41, 5.74) is 0. The van der Waals surface area contributed by atoms with Crippen LogP contribution in [0.3, 0.4) is 0 Å². The minimum Gasteiger partial charge on any atom is -0.340 e. The van der Waals surface area contributed by atoms with Gasteiger partial charge in [-0.3, -0.25) is 4.79 Å². The summed E-state index contributed by atoms with van der Waals surface area (Å²) < 4.78 is 0. The van der Waals surface area contributed by atoms with Crippen molar-refractivity contribution >= 4 is 17.7 Å². The van der Waals surface area contributed by atoms with E-state index in [0.717, 1.165) is 25.9 Å². The SMILES string of the molecule is CC1CN(C(=O)C2CCC2)CC(C)S1. The lowest BCUT2D eigenvalue weighted by atomic mass is 9.84. The van der Waals surface area contributed by atoms with E-state index in [-0.39, 0.29) is 0 Å². The number of amides is 1. The number of rotatable bonds is 1. The molecule has 0 N–H and O–H groups in total. The van der Waals surface area contributed by atoms with Gasteiger partial charge in [-0.15, -0.1) is 0 Å². The Balaban J connectivity index is 1.92. The van der Waals surface area contributed by atoms with Gasteiger partial charge < -0.3 is 4.90 Å². The molecule has 2 atom stereocenters. The van der Waals surface area contributed by atoms with Gasteiger partial charge in [0.2, 0.25) is 5.91 Å². The molecule has 1 aliphatic carbocycles. The van der Waals surface area contributed by atoms with Gasteiger partial charge in [-0.2, -0.15) is 11.8 Å². The predicted octanol–water partition coefficient (Wildman–Crippen LogP) is 2.14. The fourth-order valence-corrected chi connectivity index (χ4v) is 3.60. The van der Waals surface area contributed by atoms with Crippen molar-refractivity contribution in [1.29, 1.82) is 0 Å². The number of thioether (sulfide) groups is 1. The molecule has 2 rings (SSSR count). The molecule has 1 saturated heterocycles. The van der Waals surface area contributed by atoms with Gasteiger partial charge in [0.05, 0.1) is 0 Å². The number of hydrogen-bond donors (Lipinski definition) is 0. The molecule has 0 aromatic rings. The molecule has 2 nitrogen and oxygen atoms in total. The molecule has 1 saturated carbocycles. The van der Waals surface area contributed by atoms with E-state index in [9.17, 15) is 4.79 Å². The van der Waals surface area contributed by atoms with Crippen LogP contribution in [-0.4, -0.2) is 34.4 Å². The van der Waals surface area contributed by atoms with E-state index in [4.69, 9.17) is 0 Å². The van der Waals surface area contributed by atoms with Gasteiger partial charge in [0.25, 0.3) is 0 Å². The van der Waals surface area contributed by atoms with Gasteiger partial charge in [-0.1, -0.05) is 20.3 Å². The maximum Gasteiger partial charge on any atom is 0.225 e. The van der Waals surface area contributed by atoms with Crippen molar-refractivity contribution in [1.82, 2.24) is 4.90 Å². The monoisotopic (exact) mass is 213 g/mol. The Morgan fingerprint density at radius 2 is 1.79 bits per heavy atom. The van der Waals surface area contributed by atoms with Gasteiger partial charge in [-0.05, 0) is 12.8 Å². The minimum absolute atomic E-state index is 0.373. The maximum atomic E-state index is 12.0. The van der Waals surface area contributed by atoms with Crippen LogP contribution in [0.5, 0.6) is 0 Å². The highest BCUT2D eigenvalue weighted by Crippen LogP contribution is 2.31. The van der Waals surface area contributed by atoms with E-state index in [1.54, 1.807) is 0 Å². The summed E-state index contributed by atoms with van der Waals surface area (Å²) in [7, 11) is 0. The first-order chi connectivity index (χ1) is 6.66. The average Bonchev–Trinajstić information content (AvgIpc) is 1.98. The first kappa shape index (κ1) is 10.3. The molecule has 0 aromatic carbocycles. The van der Waals surface area contributed by atoms with E-state index < -0.39 is 0 Å². The Morgan fingerprint density at radius 1 is 1.21 bits per heavy atom. The smallest absolute Gasteiger partial charge is 0.225 e. The van der Waals surface area contributed by atoms with Crippen molar-refractivity contribution in [2.24, 2.45) is 5.92 Å². The molecular formula is C11H19NOS. The molecule has 0 aromatic heterocycles. The fraction of sp³-hybridized carbons (Fsp3) is 0.909. The molecule has 2 unspecified atom stereocenters. The summed E-state index contributed by atoms with van der Waals surface area (Å²) in [6.07, 6.45) is 3.51. The van der Waals surface area contributed by atoms with Gasteiger partial charge in [0.1, 0.15) is 0 Å². The minimum atomic E-state index is 0.373. The second-order valence-electron chi connectivity index (χ2n) is 4.63. The Morgan fingerprint density at radius 3 is 2.21 bits per heavy atom. The molecule has 2 aliphatic rings. The quantitative estimate of drug-likeness (QED) is 0.665. The van der Waals surface area contributed by atoms with Crippen LogP contribution in [-0.2, 0) is 4.79 Å². The number of carbonyl (C=O) groups is 1. The molecule has 0 bridgehead atoms. The lowest BCUT2D eigenvalue weighted by Gasteiger charge is -2.38. The van der Waals surface area contributed by atoms with Crippen molar-refractivity contribution in [2.75, 3.05) is 13.1 Å². The number of carbonyl (C=O) groups excluding carboxylic acids is 1. The zero-order chi connectivity index (χ0) is 10.1. The van der Waals surface area contributed by atoms with Crippen LogP contribution in [0, 0.1) is 5.92 Å². The summed E-state index contributed by atoms with van der Waals surface area (Å²) in [6.45, 7) is 6.37. The summed E-state index contributed by atoms with van der Waals surface area (Å²) in [6, 6.07) is 0. The Bertz CT molecular complexity index is 217. The van der Waals surface area contributed by atoms with Crippen LogP contribution in [0.25, 0.3) is 0 Å². The highest BCUT2D eigenvalue weighted by molar-refractivity contribution is 8.00. The lowest BCUT2D eigenvalue weighted by molar-refractivity contribution is -0.138. The largest absolute Gasteiger partial charge is 0.340 e. The van der Waals surface area contributed by atoms with Gasteiger partial charge in [0.15, 0.2) is 0 Å². The Hall–Kier alpha value is -0.180. The highest BCUT2D eigenvalue weighted by atomic mass is 32.2.